The van der Waals surface area contributed by atoms with Gasteiger partial charge in [-0.3, -0.25) is 9.89 Å². The van der Waals surface area contributed by atoms with Gasteiger partial charge in [-0.25, -0.2) is 0 Å². The van der Waals surface area contributed by atoms with Gasteiger partial charge in [0.15, 0.2) is 5.96 Å². The fraction of sp³-hybridized carbons (Fsp3) is 0.696. The van der Waals surface area contributed by atoms with E-state index in [0.717, 1.165) is 57.6 Å². The van der Waals surface area contributed by atoms with E-state index in [1.807, 2.05) is 0 Å². The van der Waals surface area contributed by atoms with Crippen LogP contribution in [0.5, 0.6) is 0 Å². The predicted octanol–water partition coefficient (Wildman–Crippen LogP) is 3.13. The third kappa shape index (κ3) is 7.98. The van der Waals surface area contributed by atoms with Crippen molar-refractivity contribution >= 4 is 29.9 Å². The van der Waals surface area contributed by atoms with Gasteiger partial charge in [0.05, 0.1) is 19.3 Å². The number of nitrogens with zero attached hydrogens (tertiary/aromatic N) is 3. The number of piperazine rings is 1. The molecule has 1 saturated carbocycles. The second kappa shape index (κ2) is 13.5. The topological polar surface area (TPSA) is 60.3 Å². The molecule has 1 heterocycles. The van der Waals surface area contributed by atoms with E-state index in [-0.39, 0.29) is 24.0 Å². The van der Waals surface area contributed by atoms with Crippen LogP contribution in [0.25, 0.3) is 0 Å². The molecular weight excluding hydrogens is 491 g/mol. The molecule has 2 unspecified atom stereocenters. The van der Waals surface area contributed by atoms with Gasteiger partial charge in [0.2, 0.25) is 0 Å². The number of ether oxygens (including phenoxy) is 1. The average molecular weight is 530 g/mol. The van der Waals surface area contributed by atoms with Gasteiger partial charge in [0.1, 0.15) is 0 Å². The van der Waals surface area contributed by atoms with Crippen LogP contribution >= 0.6 is 24.0 Å². The molecule has 3 rings (SSSR count). The number of nitrogens with one attached hydrogen (secondary N) is 1. The lowest BCUT2D eigenvalue weighted by molar-refractivity contribution is 0.0366. The van der Waals surface area contributed by atoms with E-state index in [1.165, 1.54) is 18.4 Å². The van der Waals surface area contributed by atoms with Crippen molar-refractivity contribution in [1.29, 1.82) is 0 Å². The molecule has 0 radical (unpaired) electrons. The normalized spacial score (nSPS) is 19.8. The Morgan fingerprint density at radius 1 is 1.17 bits per heavy atom. The van der Waals surface area contributed by atoms with Crippen LogP contribution < -0.4 is 5.32 Å². The molecule has 1 saturated heterocycles. The molecule has 2 aliphatic rings. The van der Waals surface area contributed by atoms with Crippen LogP contribution in [0.4, 0.5) is 0 Å². The number of guanidine groups is 1. The summed E-state index contributed by atoms with van der Waals surface area (Å²) in [4.78, 5) is 9.58. The summed E-state index contributed by atoms with van der Waals surface area (Å²) in [6, 6.07) is 11.3. The molecular formula is C23H39IN4O2. The number of benzene rings is 1. The molecule has 0 aromatic heterocycles. The van der Waals surface area contributed by atoms with Gasteiger partial charge in [0.25, 0.3) is 0 Å². The Morgan fingerprint density at radius 3 is 2.47 bits per heavy atom. The second-order valence-corrected chi connectivity index (χ2v) is 8.19. The van der Waals surface area contributed by atoms with Gasteiger partial charge < -0.3 is 20.1 Å². The average Bonchev–Trinajstić information content (AvgIpc) is 3.57. The largest absolute Gasteiger partial charge is 0.389 e. The van der Waals surface area contributed by atoms with E-state index < -0.39 is 6.10 Å². The Kier molecular flexibility index (Phi) is 11.4. The summed E-state index contributed by atoms with van der Waals surface area (Å²) in [6.45, 7) is 10.7. The maximum absolute atomic E-state index is 10.2. The van der Waals surface area contributed by atoms with E-state index in [2.05, 4.69) is 64.3 Å². The van der Waals surface area contributed by atoms with Crippen molar-refractivity contribution in [2.24, 2.45) is 10.9 Å². The highest BCUT2D eigenvalue weighted by Crippen LogP contribution is 2.28. The van der Waals surface area contributed by atoms with Crippen molar-refractivity contribution in [3.63, 3.8) is 0 Å². The van der Waals surface area contributed by atoms with Gasteiger partial charge in [-0.05, 0) is 37.7 Å². The Bertz CT molecular complexity index is 619. The van der Waals surface area contributed by atoms with Gasteiger partial charge in [-0.1, -0.05) is 37.3 Å². The lowest BCUT2D eigenvalue weighted by Gasteiger charge is -2.40. The summed E-state index contributed by atoms with van der Waals surface area (Å²) in [6.07, 6.45) is 3.12. The smallest absolute Gasteiger partial charge is 0.194 e. The lowest BCUT2D eigenvalue weighted by atomic mass is 10.0. The third-order valence-electron chi connectivity index (χ3n) is 5.77. The number of hydrogen-bond donors (Lipinski definition) is 2. The maximum Gasteiger partial charge on any atom is 0.194 e. The molecule has 0 spiro atoms. The molecule has 2 atom stereocenters. The first-order valence-electron chi connectivity index (χ1n) is 11.3. The summed E-state index contributed by atoms with van der Waals surface area (Å²) in [5.41, 5.74) is 1.40. The quantitative estimate of drug-likeness (QED) is 0.277. The standard InChI is InChI=1S/C23H38N4O2.HI/c1-3-22(20-8-6-5-7-9-20)26-12-14-27(15-13-26)23(24-4-2)25-16-21(28)18-29-17-19-10-11-19;/h5-9,19,21-22,28H,3-4,10-18H2,1-2H3,(H,24,25);1H. The summed E-state index contributed by atoms with van der Waals surface area (Å²) in [7, 11) is 0. The van der Waals surface area contributed by atoms with E-state index in [0.29, 0.717) is 19.2 Å². The summed E-state index contributed by atoms with van der Waals surface area (Å²) in [5.74, 6) is 1.63. The maximum atomic E-state index is 10.2. The number of halogens is 1. The number of hydrogen-bond acceptors (Lipinski definition) is 4. The fourth-order valence-corrected chi connectivity index (χ4v) is 3.95. The predicted molar refractivity (Wildman–Crippen MR) is 134 cm³/mol. The molecule has 2 N–H and O–H groups in total. The van der Waals surface area contributed by atoms with Crippen LogP contribution in [0, 0.1) is 5.92 Å². The van der Waals surface area contributed by atoms with Gasteiger partial charge in [-0.2, -0.15) is 0 Å². The highest BCUT2D eigenvalue weighted by molar-refractivity contribution is 14.0. The highest BCUT2D eigenvalue weighted by Gasteiger charge is 2.25. The molecule has 1 aromatic rings. The minimum atomic E-state index is -0.536. The SMILES string of the molecule is CCNC(=NCC(O)COCC1CC1)N1CCN(C(CC)c2ccccc2)CC1.I. The zero-order chi connectivity index (χ0) is 20.5. The summed E-state index contributed by atoms with van der Waals surface area (Å²) < 4.78 is 5.59. The number of aliphatic hydroxyl groups excluding tert-OH is 1. The minimum Gasteiger partial charge on any atom is -0.389 e. The molecule has 170 valence electrons. The Morgan fingerprint density at radius 2 is 1.87 bits per heavy atom. The molecule has 0 amide bonds. The van der Waals surface area contributed by atoms with Crippen molar-refractivity contribution in [1.82, 2.24) is 15.1 Å². The van der Waals surface area contributed by atoms with E-state index >= 15 is 0 Å². The number of rotatable bonds is 10. The molecule has 7 heteroatoms. The highest BCUT2D eigenvalue weighted by atomic mass is 127. The van der Waals surface area contributed by atoms with E-state index in [9.17, 15) is 5.11 Å². The number of aliphatic imine (C=N–C) groups is 1. The van der Waals surface area contributed by atoms with Crippen molar-refractivity contribution in [2.45, 2.75) is 45.3 Å². The van der Waals surface area contributed by atoms with Crippen molar-refractivity contribution in [3.8, 4) is 0 Å². The molecule has 1 aliphatic carbocycles. The van der Waals surface area contributed by atoms with Crippen molar-refractivity contribution < 1.29 is 9.84 Å². The van der Waals surface area contributed by atoms with Crippen molar-refractivity contribution in [3.05, 3.63) is 35.9 Å². The molecule has 30 heavy (non-hydrogen) atoms. The van der Waals surface area contributed by atoms with Crippen LogP contribution in [0.15, 0.2) is 35.3 Å². The van der Waals surface area contributed by atoms with Gasteiger partial charge in [0, 0.05) is 45.4 Å². The Hall–Kier alpha value is -0.900. The summed E-state index contributed by atoms with van der Waals surface area (Å²) >= 11 is 0. The van der Waals surface area contributed by atoms with E-state index in [1.54, 1.807) is 0 Å². The second-order valence-electron chi connectivity index (χ2n) is 8.19. The first kappa shape index (κ1) is 25.4. The van der Waals surface area contributed by atoms with Gasteiger partial charge in [-0.15, -0.1) is 24.0 Å². The number of aliphatic hydroxyl groups is 1. The monoisotopic (exact) mass is 530 g/mol. The van der Waals surface area contributed by atoms with Crippen LogP contribution in [-0.4, -0.2) is 79.5 Å². The molecule has 1 aliphatic heterocycles. The molecule has 1 aromatic carbocycles. The molecule has 6 nitrogen and oxygen atoms in total. The van der Waals surface area contributed by atoms with Crippen LogP contribution in [-0.2, 0) is 4.74 Å². The lowest BCUT2D eigenvalue weighted by Crippen LogP contribution is -2.53. The fourth-order valence-electron chi connectivity index (χ4n) is 3.95. The Labute approximate surface area is 199 Å². The van der Waals surface area contributed by atoms with Crippen LogP contribution in [0.2, 0.25) is 0 Å². The molecule has 0 bridgehead atoms. The Balaban J connectivity index is 0.00000320. The first-order chi connectivity index (χ1) is 14.2. The van der Waals surface area contributed by atoms with Crippen LogP contribution in [0.3, 0.4) is 0 Å². The zero-order valence-corrected chi connectivity index (χ0v) is 20.8. The van der Waals surface area contributed by atoms with Crippen molar-refractivity contribution in [2.75, 3.05) is 52.5 Å². The summed E-state index contributed by atoms with van der Waals surface area (Å²) in [5, 5.41) is 13.6. The van der Waals surface area contributed by atoms with Crippen LogP contribution in [0.1, 0.15) is 44.7 Å². The third-order valence-corrected chi connectivity index (χ3v) is 5.77. The van der Waals surface area contributed by atoms with Gasteiger partial charge >= 0.3 is 0 Å². The minimum absolute atomic E-state index is 0. The zero-order valence-electron chi connectivity index (χ0n) is 18.5. The first-order valence-corrected chi connectivity index (χ1v) is 11.3. The van der Waals surface area contributed by atoms with E-state index in [4.69, 9.17) is 4.74 Å². The molecule has 2 fully saturated rings.